The quantitative estimate of drug-likeness (QED) is 0.492. The summed E-state index contributed by atoms with van der Waals surface area (Å²) in [6.07, 6.45) is 5.79. The molecule has 0 amide bonds. The van der Waals surface area contributed by atoms with Gasteiger partial charge in [0, 0.05) is 25.2 Å². The molecule has 2 nitrogen and oxygen atoms in total. The van der Waals surface area contributed by atoms with Crippen LogP contribution in [0.15, 0.2) is 12.3 Å². The molecule has 1 fully saturated rings. The van der Waals surface area contributed by atoms with Gasteiger partial charge in [0.05, 0.1) is 0 Å². The second kappa shape index (κ2) is 2.11. The van der Waals surface area contributed by atoms with E-state index < -0.39 is 0 Å². The maximum absolute atomic E-state index is 11.2. The van der Waals surface area contributed by atoms with Gasteiger partial charge in [0.2, 0.25) is 0 Å². The molecule has 0 radical (unpaired) electrons. The summed E-state index contributed by atoms with van der Waals surface area (Å²) >= 11 is 0. The third kappa shape index (κ3) is 0.838. The number of piperidine rings is 1. The molecule has 0 spiro atoms. The summed E-state index contributed by atoms with van der Waals surface area (Å²) in [5.41, 5.74) is 0. The Kier molecular flexibility index (Phi) is 1.26. The van der Waals surface area contributed by atoms with Gasteiger partial charge < -0.3 is 4.90 Å². The van der Waals surface area contributed by atoms with Crippen molar-refractivity contribution in [2.75, 3.05) is 13.1 Å². The summed E-state index contributed by atoms with van der Waals surface area (Å²) < 4.78 is 0. The van der Waals surface area contributed by atoms with E-state index in [-0.39, 0.29) is 0 Å². The van der Waals surface area contributed by atoms with E-state index in [9.17, 15) is 4.79 Å². The van der Waals surface area contributed by atoms with Crippen molar-refractivity contribution < 1.29 is 4.79 Å². The highest BCUT2D eigenvalue weighted by Crippen LogP contribution is 2.21. The summed E-state index contributed by atoms with van der Waals surface area (Å²) in [5, 5.41) is 0. The van der Waals surface area contributed by atoms with E-state index in [1.165, 1.54) is 0 Å². The third-order valence-corrected chi connectivity index (χ3v) is 2.38. The Labute approximate surface area is 60.5 Å². The lowest BCUT2D eigenvalue weighted by Crippen LogP contribution is -2.28. The summed E-state index contributed by atoms with van der Waals surface area (Å²) in [7, 11) is 0. The topological polar surface area (TPSA) is 20.3 Å². The fourth-order valence-electron chi connectivity index (χ4n) is 1.65. The molecule has 3 aliphatic rings. The Morgan fingerprint density at radius 1 is 1.40 bits per heavy atom. The Balaban J connectivity index is 2.25. The lowest BCUT2D eigenvalue weighted by Gasteiger charge is -2.26. The molecule has 1 saturated heterocycles. The molecule has 3 heterocycles. The van der Waals surface area contributed by atoms with Crippen LogP contribution in [0.1, 0.15) is 12.8 Å². The number of ketones is 1. The van der Waals surface area contributed by atoms with E-state index >= 15 is 0 Å². The summed E-state index contributed by atoms with van der Waals surface area (Å²) in [6.45, 7) is 2.15. The number of carbonyl (C=O) groups excluding carboxylic acids is 1. The highest BCUT2D eigenvalue weighted by molar-refractivity contribution is 5.92. The van der Waals surface area contributed by atoms with Crippen molar-refractivity contribution in [2.24, 2.45) is 5.92 Å². The first-order chi connectivity index (χ1) is 4.86. The first-order valence-corrected chi connectivity index (χ1v) is 3.82. The van der Waals surface area contributed by atoms with E-state index in [4.69, 9.17) is 0 Å². The van der Waals surface area contributed by atoms with Crippen LogP contribution in [0.4, 0.5) is 0 Å². The minimum Gasteiger partial charge on any atom is -0.377 e. The molecular weight excluding hydrogens is 126 g/mol. The largest absolute Gasteiger partial charge is 0.377 e. The number of carbonyl (C=O) groups is 1. The Bertz CT molecular complexity index is 178. The minimum absolute atomic E-state index is 0.333. The average molecular weight is 137 g/mol. The number of rotatable bonds is 0. The summed E-state index contributed by atoms with van der Waals surface area (Å²) in [4.78, 5) is 13.4. The first-order valence-electron chi connectivity index (χ1n) is 3.82. The molecule has 0 atom stereocenters. The van der Waals surface area contributed by atoms with Gasteiger partial charge in [-0.25, -0.2) is 0 Å². The van der Waals surface area contributed by atoms with Crippen molar-refractivity contribution in [2.45, 2.75) is 12.8 Å². The van der Waals surface area contributed by atoms with Crippen molar-refractivity contribution in [1.29, 1.82) is 0 Å². The van der Waals surface area contributed by atoms with Crippen molar-refractivity contribution in [3.63, 3.8) is 0 Å². The van der Waals surface area contributed by atoms with E-state index in [2.05, 4.69) is 4.90 Å². The molecule has 54 valence electrons. The molecular formula is C8H11NO. The highest BCUT2D eigenvalue weighted by atomic mass is 16.1. The van der Waals surface area contributed by atoms with Crippen LogP contribution in [-0.2, 0) is 4.79 Å². The van der Waals surface area contributed by atoms with Gasteiger partial charge in [0.25, 0.3) is 0 Å². The molecule has 2 bridgehead atoms. The predicted octanol–water partition coefficient (Wildman–Crippen LogP) is 0.795. The second-order valence-corrected chi connectivity index (χ2v) is 3.03. The van der Waals surface area contributed by atoms with Gasteiger partial charge in [-0.1, -0.05) is 0 Å². The van der Waals surface area contributed by atoms with Crippen LogP contribution in [-0.4, -0.2) is 23.8 Å². The van der Waals surface area contributed by atoms with Crippen LogP contribution < -0.4 is 0 Å². The number of nitrogens with zero attached hydrogens (tertiary/aromatic N) is 1. The van der Waals surface area contributed by atoms with Crippen LogP contribution in [0.3, 0.4) is 0 Å². The zero-order chi connectivity index (χ0) is 6.97. The Morgan fingerprint density at radius 2 is 2.10 bits per heavy atom. The van der Waals surface area contributed by atoms with Crippen LogP contribution >= 0.6 is 0 Å². The van der Waals surface area contributed by atoms with Crippen molar-refractivity contribution in [3.05, 3.63) is 12.3 Å². The molecule has 0 aromatic carbocycles. The number of fused-ring (bicyclic) bond motifs is 3. The normalized spacial score (nSPS) is 25.6. The summed E-state index contributed by atoms with van der Waals surface area (Å²) in [6, 6.07) is 0. The molecule has 0 N–H and O–H groups in total. The fraction of sp³-hybridized carbons (Fsp3) is 0.625. The molecule has 0 aliphatic carbocycles. The maximum atomic E-state index is 11.2. The minimum atomic E-state index is 0.333. The fourth-order valence-corrected chi connectivity index (χ4v) is 1.65. The van der Waals surface area contributed by atoms with E-state index in [1.54, 1.807) is 6.08 Å². The Morgan fingerprint density at radius 3 is 2.80 bits per heavy atom. The van der Waals surface area contributed by atoms with E-state index in [0.29, 0.717) is 11.7 Å². The smallest absolute Gasteiger partial charge is 0.160 e. The molecule has 0 saturated carbocycles. The average Bonchev–Trinajstić information content (AvgIpc) is 2.24. The molecule has 10 heavy (non-hydrogen) atoms. The number of allylic oxidation sites excluding steroid dienone is 1. The molecule has 3 rings (SSSR count). The van der Waals surface area contributed by atoms with Crippen LogP contribution in [0, 0.1) is 5.92 Å². The first kappa shape index (κ1) is 5.96. The van der Waals surface area contributed by atoms with Crippen molar-refractivity contribution in [1.82, 2.24) is 4.90 Å². The molecule has 0 aromatic rings. The van der Waals surface area contributed by atoms with Crippen molar-refractivity contribution >= 4 is 5.78 Å². The molecule has 0 unspecified atom stereocenters. The predicted molar refractivity (Wildman–Crippen MR) is 38.4 cm³/mol. The van der Waals surface area contributed by atoms with Crippen LogP contribution in [0.25, 0.3) is 0 Å². The van der Waals surface area contributed by atoms with E-state index in [0.717, 1.165) is 25.9 Å². The lowest BCUT2D eigenvalue weighted by atomic mass is 9.95. The molecule has 2 heteroatoms. The number of hydrogen-bond donors (Lipinski definition) is 0. The zero-order valence-electron chi connectivity index (χ0n) is 5.92. The van der Waals surface area contributed by atoms with Gasteiger partial charge in [-0.2, -0.15) is 0 Å². The molecule has 0 aromatic heterocycles. The molecule has 3 aliphatic heterocycles. The number of hydrogen-bond acceptors (Lipinski definition) is 2. The SMILES string of the molecule is O=C1C=CN2CCC1CC2. The second-order valence-electron chi connectivity index (χ2n) is 3.03. The summed E-state index contributed by atoms with van der Waals surface area (Å²) in [5.74, 6) is 0.676. The third-order valence-electron chi connectivity index (χ3n) is 2.38. The van der Waals surface area contributed by atoms with Gasteiger partial charge in [-0.15, -0.1) is 0 Å². The highest BCUT2D eigenvalue weighted by Gasteiger charge is 2.24. The van der Waals surface area contributed by atoms with Crippen LogP contribution in [0.2, 0.25) is 0 Å². The van der Waals surface area contributed by atoms with Gasteiger partial charge in [-0.05, 0) is 18.9 Å². The van der Waals surface area contributed by atoms with Crippen LogP contribution in [0.5, 0.6) is 0 Å². The zero-order valence-corrected chi connectivity index (χ0v) is 5.92. The van der Waals surface area contributed by atoms with Crippen molar-refractivity contribution in [3.8, 4) is 0 Å². The van der Waals surface area contributed by atoms with Gasteiger partial charge in [0.15, 0.2) is 5.78 Å². The Hall–Kier alpha value is -0.790. The van der Waals surface area contributed by atoms with Gasteiger partial charge >= 0.3 is 0 Å². The van der Waals surface area contributed by atoms with Gasteiger partial charge in [-0.3, -0.25) is 4.79 Å². The van der Waals surface area contributed by atoms with Gasteiger partial charge in [0.1, 0.15) is 0 Å². The standard InChI is InChI=1S/C8H11NO/c10-8-3-6-9-4-1-7(8)2-5-9/h3,6-7H,1-2,4-5H2. The monoisotopic (exact) mass is 137 g/mol. The lowest BCUT2D eigenvalue weighted by molar-refractivity contribution is -0.118. The van der Waals surface area contributed by atoms with E-state index in [1.807, 2.05) is 6.20 Å². The maximum Gasteiger partial charge on any atom is 0.160 e.